The Labute approximate surface area is 79.6 Å². The summed E-state index contributed by atoms with van der Waals surface area (Å²) in [5.41, 5.74) is 0.910. The highest BCUT2D eigenvalue weighted by molar-refractivity contribution is 7.71. The van der Waals surface area contributed by atoms with Crippen molar-refractivity contribution in [3.8, 4) is 0 Å². The van der Waals surface area contributed by atoms with Crippen LogP contribution in [-0.2, 0) is 0 Å². The van der Waals surface area contributed by atoms with Crippen LogP contribution in [0.5, 0.6) is 0 Å². The molecule has 0 saturated carbocycles. The molecule has 4 nitrogen and oxygen atoms in total. The molecule has 0 bridgehead atoms. The number of H-pyrrole nitrogens is 1. The molecule has 0 unspecified atom stereocenters. The maximum Gasteiger partial charge on any atom is 0.318 e. The van der Waals surface area contributed by atoms with Crippen molar-refractivity contribution in [1.29, 1.82) is 0 Å². The van der Waals surface area contributed by atoms with E-state index in [4.69, 9.17) is 16.6 Å². The molecule has 0 saturated heterocycles. The number of rotatable bonds is 2. The molecule has 1 heterocycles. The summed E-state index contributed by atoms with van der Waals surface area (Å²) in [6.07, 6.45) is 0. The fourth-order valence-corrected chi connectivity index (χ4v) is 1.05. The van der Waals surface area contributed by atoms with Crippen LogP contribution in [0.1, 0.15) is 0 Å². The lowest BCUT2D eigenvalue weighted by molar-refractivity contribution is 0.555. The Balaban J connectivity index is 2.20. The molecule has 13 heavy (non-hydrogen) atoms. The molecule has 1 aromatic carbocycles. The van der Waals surface area contributed by atoms with E-state index in [2.05, 4.69) is 15.5 Å². The second-order valence-corrected chi connectivity index (χ2v) is 2.78. The van der Waals surface area contributed by atoms with Crippen molar-refractivity contribution in [1.82, 2.24) is 10.2 Å². The lowest BCUT2D eigenvalue weighted by Crippen LogP contribution is -1.88. The van der Waals surface area contributed by atoms with Crippen LogP contribution in [0.25, 0.3) is 0 Å². The first-order valence-electron chi connectivity index (χ1n) is 3.72. The van der Waals surface area contributed by atoms with Crippen molar-refractivity contribution < 1.29 is 4.42 Å². The second-order valence-electron chi connectivity index (χ2n) is 2.41. The quantitative estimate of drug-likeness (QED) is 0.719. The average Bonchev–Trinajstić information content (AvgIpc) is 2.53. The van der Waals surface area contributed by atoms with Crippen LogP contribution >= 0.6 is 12.2 Å². The Hall–Kier alpha value is -1.62. The predicted molar refractivity (Wildman–Crippen MR) is 51.4 cm³/mol. The number of para-hydroxylation sites is 1. The lowest BCUT2D eigenvalue weighted by atomic mass is 10.3. The van der Waals surface area contributed by atoms with E-state index in [1.54, 1.807) is 0 Å². The van der Waals surface area contributed by atoms with E-state index in [1.807, 2.05) is 30.3 Å². The van der Waals surface area contributed by atoms with E-state index in [0.29, 0.717) is 6.01 Å². The maximum absolute atomic E-state index is 5.02. The van der Waals surface area contributed by atoms with E-state index < -0.39 is 0 Å². The zero-order chi connectivity index (χ0) is 9.10. The van der Waals surface area contributed by atoms with Crippen molar-refractivity contribution in [2.24, 2.45) is 0 Å². The summed E-state index contributed by atoms with van der Waals surface area (Å²) in [6, 6.07) is 9.97. The molecule has 2 N–H and O–H groups in total. The zero-order valence-electron chi connectivity index (χ0n) is 6.65. The largest absolute Gasteiger partial charge is 0.396 e. The zero-order valence-corrected chi connectivity index (χ0v) is 7.47. The van der Waals surface area contributed by atoms with Crippen LogP contribution in [0.15, 0.2) is 34.7 Å². The minimum Gasteiger partial charge on any atom is -0.396 e. The molecule has 5 heteroatoms. The minimum absolute atomic E-state index is 0.262. The van der Waals surface area contributed by atoms with Gasteiger partial charge in [-0.15, -0.1) is 5.10 Å². The van der Waals surface area contributed by atoms with Gasteiger partial charge >= 0.3 is 6.01 Å². The van der Waals surface area contributed by atoms with Gasteiger partial charge in [-0.05, 0) is 24.4 Å². The third kappa shape index (κ3) is 1.94. The highest BCUT2D eigenvalue weighted by Crippen LogP contribution is 2.12. The number of nitrogens with one attached hydrogen (secondary N) is 2. The van der Waals surface area contributed by atoms with Gasteiger partial charge in [0.15, 0.2) is 0 Å². The Kier molecular flexibility index (Phi) is 2.09. The highest BCUT2D eigenvalue weighted by atomic mass is 32.1. The van der Waals surface area contributed by atoms with Gasteiger partial charge in [-0.25, -0.2) is 5.10 Å². The van der Waals surface area contributed by atoms with E-state index in [0.717, 1.165) is 5.69 Å². The van der Waals surface area contributed by atoms with Crippen LogP contribution < -0.4 is 5.32 Å². The summed E-state index contributed by atoms with van der Waals surface area (Å²) in [5.74, 6) is 0. The first-order chi connectivity index (χ1) is 6.34. The minimum atomic E-state index is 0.262. The Morgan fingerprint density at radius 1 is 1.31 bits per heavy atom. The first kappa shape index (κ1) is 8.00. The molecule has 66 valence electrons. The molecule has 0 aliphatic heterocycles. The molecule has 0 spiro atoms. The molecule has 1 aromatic heterocycles. The van der Waals surface area contributed by atoms with Crippen LogP contribution in [0.4, 0.5) is 11.7 Å². The molecule has 0 radical (unpaired) electrons. The molecular formula is C8H7N3OS. The number of hydrogen-bond acceptors (Lipinski definition) is 4. The van der Waals surface area contributed by atoms with Crippen LogP contribution in [0, 0.1) is 4.84 Å². The van der Waals surface area contributed by atoms with Gasteiger partial charge in [0, 0.05) is 5.69 Å². The summed E-state index contributed by atoms with van der Waals surface area (Å²) in [7, 11) is 0. The third-order valence-corrected chi connectivity index (χ3v) is 1.64. The van der Waals surface area contributed by atoms with Gasteiger partial charge in [0.1, 0.15) is 0 Å². The Morgan fingerprint density at radius 2 is 2.08 bits per heavy atom. The van der Waals surface area contributed by atoms with Gasteiger partial charge in [-0.2, -0.15) is 0 Å². The molecule has 0 amide bonds. The van der Waals surface area contributed by atoms with Crippen molar-refractivity contribution in [2.75, 3.05) is 5.32 Å². The highest BCUT2D eigenvalue weighted by Gasteiger charge is 1.97. The van der Waals surface area contributed by atoms with Crippen LogP contribution in [0.2, 0.25) is 0 Å². The Bertz CT molecular complexity index is 434. The molecular weight excluding hydrogens is 186 g/mol. The number of anilines is 2. The average molecular weight is 193 g/mol. The summed E-state index contributed by atoms with van der Waals surface area (Å²) in [6.45, 7) is 0. The van der Waals surface area contributed by atoms with Gasteiger partial charge in [0.2, 0.25) is 0 Å². The topological polar surface area (TPSA) is 53.9 Å². The molecule has 0 aliphatic carbocycles. The van der Waals surface area contributed by atoms with E-state index >= 15 is 0 Å². The summed E-state index contributed by atoms with van der Waals surface area (Å²) in [5, 5.41) is 9.28. The number of aromatic nitrogens is 2. The third-order valence-electron chi connectivity index (χ3n) is 1.46. The molecule has 2 aromatic rings. The number of benzene rings is 1. The molecule has 0 fully saturated rings. The summed E-state index contributed by atoms with van der Waals surface area (Å²) < 4.78 is 5.02. The molecule has 0 aliphatic rings. The van der Waals surface area contributed by atoms with Crippen LogP contribution in [0.3, 0.4) is 0 Å². The number of nitrogens with zero attached hydrogens (tertiary/aromatic N) is 1. The van der Waals surface area contributed by atoms with E-state index in [1.165, 1.54) is 0 Å². The van der Waals surface area contributed by atoms with Crippen molar-refractivity contribution >= 4 is 23.9 Å². The van der Waals surface area contributed by atoms with Gasteiger partial charge < -0.3 is 9.73 Å². The molecule has 2 rings (SSSR count). The molecule has 0 atom stereocenters. The first-order valence-corrected chi connectivity index (χ1v) is 4.13. The summed E-state index contributed by atoms with van der Waals surface area (Å²) in [4.78, 5) is 0.262. The number of hydrogen-bond donors (Lipinski definition) is 2. The predicted octanol–water partition coefficient (Wildman–Crippen LogP) is 2.48. The van der Waals surface area contributed by atoms with E-state index in [9.17, 15) is 0 Å². The smallest absolute Gasteiger partial charge is 0.318 e. The van der Waals surface area contributed by atoms with Gasteiger partial charge in [0.05, 0.1) is 0 Å². The SMILES string of the molecule is S=c1[nH]nc(Nc2ccccc2)o1. The monoisotopic (exact) mass is 193 g/mol. The van der Waals surface area contributed by atoms with Crippen LogP contribution in [-0.4, -0.2) is 10.2 Å². The van der Waals surface area contributed by atoms with Crippen molar-refractivity contribution in [3.05, 3.63) is 35.2 Å². The number of aromatic amines is 1. The maximum atomic E-state index is 5.02. The Morgan fingerprint density at radius 3 is 2.69 bits per heavy atom. The van der Waals surface area contributed by atoms with Crippen molar-refractivity contribution in [2.45, 2.75) is 0 Å². The lowest BCUT2D eigenvalue weighted by Gasteiger charge is -1.97. The van der Waals surface area contributed by atoms with Gasteiger partial charge in [-0.3, -0.25) is 0 Å². The fourth-order valence-electron chi connectivity index (χ4n) is 0.928. The second kappa shape index (κ2) is 3.40. The standard InChI is InChI=1S/C8H7N3OS/c13-8-11-10-7(12-8)9-6-4-2-1-3-5-6/h1-5H,(H,9,10)(H,11,13). The van der Waals surface area contributed by atoms with Gasteiger partial charge in [0.25, 0.3) is 4.84 Å². The normalized spacial score (nSPS) is 9.85. The van der Waals surface area contributed by atoms with E-state index in [-0.39, 0.29) is 4.84 Å². The fraction of sp³-hybridized carbons (Fsp3) is 0. The van der Waals surface area contributed by atoms with Crippen molar-refractivity contribution in [3.63, 3.8) is 0 Å². The summed E-state index contributed by atoms with van der Waals surface area (Å²) >= 11 is 4.72. The van der Waals surface area contributed by atoms with Gasteiger partial charge in [-0.1, -0.05) is 18.2 Å².